The van der Waals surface area contributed by atoms with E-state index >= 15 is 0 Å². The average Bonchev–Trinajstić information content (AvgIpc) is 3.09. The predicted molar refractivity (Wildman–Crippen MR) is 67.7 cm³/mol. The molecule has 1 fully saturated rings. The highest BCUT2D eigenvalue weighted by Crippen LogP contribution is 2.33. The standard InChI is InChI=1S/C13H15FN2O3/c1-2-7-6-11(7)16-13(19)15-10-4-3-8(12(17)18)5-9(10)14/h3-5,7,11H,2,6H2,1H3,(H,17,18)(H2,15,16,19). The fraction of sp³-hybridized carbons (Fsp3) is 0.385. The first-order chi connectivity index (χ1) is 9.01. The fourth-order valence-corrected chi connectivity index (χ4v) is 1.95. The van der Waals surface area contributed by atoms with E-state index in [1.54, 1.807) is 0 Å². The number of carboxylic acids is 1. The van der Waals surface area contributed by atoms with E-state index in [1.807, 2.05) is 0 Å². The zero-order chi connectivity index (χ0) is 14.0. The number of carbonyl (C=O) groups excluding carboxylic acids is 1. The first kappa shape index (κ1) is 13.3. The number of urea groups is 1. The fourth-order valence-electron chi connectivity index (χ4n) is 1.95. The van der Waals surface area contributed by atoms with Gasteiger partial charge in [-0.25, -0.2) is 14.0 Å². The van der Waals surface area contributed by atoms with E-state index in [2.05, 4.69) is 17.6 Å². The first-order valence-electron chi connectivity index (χ1n) is 6.11. The summed E-state index contributed by atoms with van der Waals surface area (Å²) in [6.45, 7) is 2.05. The van der Waals surface area contributed by atoms with Crippen LogP contribution in [0.5, 0.6) is 0 Å². The minimum Gasteiger partial charge on any atom is -0.478 e. The van der Waals surface area contributed by atoms with Crippen molar-refractivity contribution >= 4 is 17.7 Å². The molecule has 0 bridgehead atoms. The third kappa shape index (κ3) is 3.21. The summed E-state index contributed by atoms with van der Waals surface area (Å²) in [5.74, 6) is -1.47. The Labute approximate surface area is 109 Å². The van der Waals surface area contributed by atoms with Crippen LogP contribution in [0.3, 0.4) is 0 Å². The van der Waals surface area contributed by atoms with Gasteiger partial charge in [0.15, 0.2) is 0 Å². The molecule has 0 heterocycles. The van der Waals surface area contributed by atoms with Crippen molar-refractivity contribution in [2.75, 3.05) is 5.32 Å². The Balaban J connectivity index is 1.95. The van der Waals surface area contributed by atoms with Gasteiger partial charge in [0, 0.05) is 6.04 Å². The van der Waals surface area contributed by atoms with Crippen molar-refractivity contribution in [2.24, 2.45) is 5.92 Å². The van der Waals surface area contributed by atoms with Crippen LogP contribution in [-0.4, -0.2) is 23.1 Å². The highest BCUT2D eigenvalue weighted by molar-refractivity contribution is 5.92. The van der Waals surface area contributed by atoms with E-state index < -0.39 is 17.8 Å². The van der Waals surface area contributed by atoms with Gasteiger partial charge in [-0.3, -0.25) is 0 Å². The number of hydrogen-bond acceptors (Lipinski definition) is 2. The van der Waals surface area contributed by atoms with Gasteiger partial charge < -0.3 is 15.7 Å². The predicted octanol–water partition coefficient (Wildman–Crippen LogP) is 2.44. The Bertz CT molecular complexity index is 519. The largest absolute Gasteiger partial charge is 0.478 e. The second-order valence-electron chi connectivity index (χ2n) is 4.61. The molecule has 19 heavy (non-hydrogen) atoms. The van der Waals surface area contributed by atoms with Gasteiger partial charge in [0.05, 0.1) is 11.3 Å². The minimum absolute atomic E-state index is 0.0313. The summed E-state index contributed by atoms with van der Waals surface area (Å²) in [5.41, 5.74) is -0.187. The number of hydrogen-bond donors (Lipinski definition) is 3. The lowest BCUT2D eigenvalue weighted by molar-refractivity contribution is 0.0696. The smallest absolute Gasteiger partial charge is 0.335 e. The number of amides is 2. The van der Waals surface area contributed by atoms with E-state index in [9.17, 15) is 14.0 Å². The molecule has 0 radical (unpaired) electrons. The van der Waals surface area contributed by atoms with E-state index in [0.29, 0.717) is 5.92 Å². The number of benzene rings is 1. The zero-order valence-corrected chi connectivity index (χ0v) is 10.4. The number of rotatable bonds is 4. The molecule has 2 amide bonds. The molecule has 2 rings (SSSR count). The quantitative estimate of drug-likeness (QED) is 0.783. The normalized spacial score (nSPS) is 20.7. The summed E-state index contributed by atoms with van der Waals surface area (Å²) in [6, 6.07) is 3.05. The van der Waals surface area contributed by atoms with Crippen molar-refractivity contribution < 1.29 is 19.1 Å². The third-order valence-corrected chi connectivity index (χ3v) is 3.23. The van der Waals surface area contributed by atoms with Gasteiger partial charge in [-0.05, 0) is 30.5 Å². The van der Waals surface area contributed by atoms with Crippen LogP contribution < -0.4 is 10.6 Å². The van der Waals surface area contributed by atoms with E-state index in [4.69, 9.17) is 5.11 Å². The molecule has 1 saturated carbocycles. The molecule has 1 aromatic carbocycles. The zero-order valence-electron chi connectivity index (χ0n) is 10.4. The van der Waals surface area contributed by atoms with E-state index in [-0.39, 0.29) is 17.3 Å². The minimum atomic E-state index is -1.21. The molecule has 0 aliphatic heterocycles. The van der Waals surface area contributed by atoms with Gasteiger partial charge in [-0.2, -0.15) is 0 Å². The topological polar surface area (TPSA) is 78.4 Å². The summed E-state index contributed by atoms with van der Waals surface area (Å²) in [5, 5.41) is 13.8. The molecule has 2 atom stereocenters. The van der Waals surface area contributed by atoms with Crippen molar-refractivity contribution in [2.45, 2.75) is 25.8 Å². The second kappa shape index (κ2) is 5.26. The summed E-state index contributed by atoms with van der Waals surface area (Å²) in [4.78, 5) is 22.2. The lowest BCUT2D eigenvalue weighted by Gasteiger charge is -2.08. The molecule has 3 N–H and O–H groups in total. The van der Waals surface area contributed by atoms with Gasteiger partial charge in [0.25, 0.3) is 0 Å². The number of halogens is 1. The van der Waals surface area contributed by atoms with Gasteiger partial charge in [0.1, 0.15) is 5.82 Å². The van der Waals surface area contributed by atoms with Gasteiger partial charge in [-0.1, -0.05) is 13.3 Å². The van der Waals surface area contributed by atoms with Crippen molar-refractivity contribution in [1.29, 1.82) is 0 Å². The van der Waals surface area contributed by atoms with E-state index in [0.717, 1.165) is 18.9 Å². The monoisotopic (exact) mass is 266 g/mol. The highest BCUT2D eigenvalue weighted by Gasteiger charge is 2.36. The van der Waals surface area contributed by atoms with Crippen LogP contribution in [-0.2, 0) is 0 Å². The molecule has 1 aliphatic carbocycles. The van der Waals surface area contributed by atoms with Crippen LogP contribution >= 0.6 is 0 Å². The Morgan fingerprint density at radius 2 is 2.21 bits per heavy atom. The van der Waals surface area contributed by atoms with Crippen LogP contribution in [0.4, 0.5) is 14.9 Å². The molecule has 1 aliphatic rings. The molecule has 6 heteroatoms. The molecule has 0 saturated heterocycles. The van der Waals surface area contributed by atoms with Crippen LogP contribution in [0.25, 0.3) is 0 Å². The van der Waals surface area contributed by atoms with Crippen LogP contribution in [0.15, 0.2) is 18.2 Å². The summed E-state index contributed by atoms with van der Waals surface area (Å²) in [7, 11) is 0. The Morgan fingerprint density at radius 1 is 1.47 bits per heavy atom. The molecular formula is C13H15FN2O3. The maximum Gasteiger partial charge on any atom is 0.335 e. The molecule has 5 nitrogen and oxygen atoms in total. The summed E-state index contributed by atoms with van der Waals surface area (Å²) in [6.07, 6.45) is 1.96. The number of anilines is 1. The van der Waals surface area contributed by atoms with Crippen molar-refractivity contribution in [3.63, 3.8) is 0 Å². The van der Waals surface area contributed by atoms with Crippen molar-refractivity contribution in [1.82, 2.24) is 5.32 Å². The van der Waals surface area contributed by atoms with Gasteiger partial charge in [0.2, 0.25) is 0 Å². The van der Waals surface area contributed by atoms with Gasteiger partial charge in [-0.15, -0.1) is 0 Å². The number of carbonyl (C=O) groups is 2. The number of carboxylic acid groups (broad SMARTS) is 1. The van der Waals surface area contributed by atoms with Crippen LogP contribution in [0.1, 0.15) is 30.1 Å². The second-order valence-corrected chi connectivity index (χ2v) is 4.61. The maximum absolute atomic E-state index is 13.6. The van der Waals surface area contributed by atoms with Crippen molar-refractivity contribution in [3.8, 4) is 0 Å². The molecule has 1 aromatic rings. The van der Waals surface area contributed by atoms with E-state index in [1.165, 1.54) is 12.1 Å². The third-order valence-electron chi connectivity index (χ3n) is 3.23. The molecule has 102 valence electrons. The molecule has 2 unspecified atom stereocenters. The number of aromatic carboxylic acids is 1. The van der Waals surface area contributed by atoms with Crippen LogP contribution in [0.2, 0.25) is 0 Å². The summed E-state index contributed by atoms with van der Waals surface area (Å²) < 4.78 is 13.6. The molecule has 0 spiro atoms. The molecular weight excluding hydrogens is 251 g/mol. The van der Waals surface area contributed by atoms with Crippen LogP contribution in [0, 0.1) is 11.7 Å². The number of nitrogens with one attached hydrogen (secondary N) is 2. The molecule has 0 aromatic heterocycles. The SMILES string of the molecule is CCC1CC1NC(=O)Nc1ccc(C(=O)O)cc1F. The maximum atomic E-state index is 13.6. The lowest BCUT2D eigenvalue weighted by Crippen LogP contribution is -2.31. The van der Waals surface area contributed by atoms with Crippen molar-refractivity contribution in [3.05, 3.63) is 29.6 Å². The Hall–Kier alpha value is -2.11. The average molecular weight is 266 g/mol. The highest BCUT2D eigenvalue weighted by atomic mass is 19.1. The van der Waals surface area contributed by atoms with Gasteiger partial charge >= 0.3 is 12.0 Å². The lowest BCUT2D eigenvalue weighted by atomic mass is 10.2. The Kier molecular flexibility index (Phi) is 3.69. The first-order valence-corrected chi connectivity index (χ1v) is 6.11. The summed E-state index contributed by atoms with van der Waals surface area (Å²) >= 11 is 0. The Morgan fingerprint density at radius 3 is 2.74 bits per heavy atom.